The highest BCUT2D eigenvalue weighted by Gasteiger charge is 2.32. The van der Waals surface area contributed by atoms with Crippen LogP contribution in [0, 0.1) is 0 Å². The van der Waals surface area contributed by atoms with Crippen molar-refractivity contribution >= 4 is 33.1 Å². The van der Waals surface area contributed by atoms with E-state index in [4.69, 9.17) is 11.6 Å². The number of carbonyl (C=O) groups excluding carboxylic acids is 1. The second kappa shape index (κ2) is 8.96. The number of nitrogens with zero attached hydrogens (tertiary/aromatic N) is 2. The van der Waals surface area contributed by atoms with Crippen LogP contribution in [0.2, 0.25) is 5.02 Å². The van der Waals surface area contributed by atoms with Crippen LogP contribution in [0.15, 0.2) is 47.4 Å². The summed E-state index contributed by atoms with van der Waals surface area (Å²) in [6.07, 6.45) is -0.969. The molecule has 1 saturated carbocycles. The lowest BCUT2D eigenvalue weighted by atomic mass is 10.0. The molecule has 0 unspecified atom stereocenters. The number of nitrogens with one attached hydrogen (secondary N) is 1. The highest BCUT2D eigenvalue weighted by molar-refractivity contribution is 7.89. The maximum atomic E-state index is 12.9. The molecule has 0 spiro atoms. The average molecular weight is 502 g/mol. The number of amides is 1. The standard InChI is InChI=1S/C21H19ClF3N3O4S/c22-17-7-8-18(27-19(17)20(29)26-14-1-2-14)13-9-11-28(12-10-13)33(30,31)16-5-3-15(4-6-16)32-21(23,24)25/h3-9,14H,1-2,10-12H2,(H,26,29). The van der Waals surface area contributed by atoms with Crippen LogP contribution in [0.25, 0.3) is 5.57 Å². The minimum absolute atomic E-state index is 0.0480. The van der Waals surface area contributed by atoms with Gasteiger partial charge < -0.3 is 10.1 Å². The molecule has 7 nitrogen and oxygen atoms in total. The van der Waals surface area contributed by atoms with Crippen molar-refractivity contribution < 1.29 is 31.1 Å². The Bertz CT molecular complexity index is 1200. The molecule has 1 aliphatic heterocycles. The molecule has 1 aromatic heterocycles. The number of hydrogen-bond acceptors (Lipinski definition) is 5. The molecule has 1 aromatic carbocycles. The Labute approximate surface area is 193 Å². The van der Waals surface area contributed by atoms with Crippen LogP contribution >= 0.6 is 11.6 Å². The summed E-state index contributed by atoms with van der Waals surface area (Å²) in [6.45, 7) is 0.190. The van der Waals surface area contributed by atoms with Crippen molar-refractivity contribution in [2.24, 2.45) is 0 Å². The predicted octanol–water partition coefficient (Wildman–Crippen LogP) is 4.00. The second-order valence-electron chi connectivity index (χ2n) is 7.64. The molecule has 2 aliphatic rings. The molecule has 1 N–H and O–H groups in total. The number of pyridine rings is 1. The van der Waals surface area contributed by atoms with Crippen LogP contribution < -0.4 is 10.1 Å². The fourth-order valence-corrected chi connectivity index (χ4v) is 4.90. The van der Waals surface area contributed by atoms with E-state index in [1.807, 2.05) is 0 Å². The summed E-state index contributed by atoms with van der Waals surface area (Å²) in [5.74, 6) is -0.847. The summed E-state index contributed by atoms with van der Waals surface area (Å²) in [7, 11) is -3.92. The van der Waals surface area contributed by atoms with E-state index in [1.165, 1.54) is 4.31 Å². The summed E-state index contributed by atoms with van der Waals surface area (Å²) in [6, 6.07) is 7.46. The summed E-state index contributed by atoms with van der Waals surface area (Å²) in [5, 5.41) is 3.07. The lowest BCUT2D eigenvalue weighted by Gasteiger charge is -2.26. The molecule has 1 fully saturated rings. The Morgan fingerprint density at radius 2 is 1.85 bits per heavy atom. The lowest BCUT2D eigenvalue weighted by molar-refractivity contribution is -0.274. The van der Waals surface area contributed by atoms with E-state index in [-0.39, 0.29) is 40.7 Å². The van der Waals surface area contributed by atoms with Crippen LogP contribution in [0.4, 0.5) is 13.2 Å². The van der Waals surface area contributed by atoms with Crippen LogP contribution in [-0.4, -0.2) is 49.1 Å². The van der Waals surface area contributed by atoms with Gasteiger partial charge in [0.1, 0.15) is 11.4 Å². The number of sulfonamides is 1. The van der Waals surface area contributed by atoms with E-state index in [2.05, 4.69) is 15.0 Å². The van der Waals surface area contributed by atoms with Crippen LogP contribution in [-0.2, 0) is 10.0 Å². The number of alkyl halides is 3. The van der Waals surface area contributed by atoms with E-state index >= 15 is 0 Å². The molecule has 1 aliphatic carbocycles. The summed E-state index contributed by atoms with van der Waals surface area (Å²) >= 11 is 6.13. The molecule has 2 heterocycles. The first kappa shape index (κ1) is 23.5. The molecule has 4 rings (SSSR count). The molecule has 12 heteroatoms. The molecule has 2 aromatic rings. The average Bonchev–Trinajstić information content (AvgIpc) is 3.57. The van der Waals surface area contributed by atoms with Gasteiger partial charge in [0, 0.05) is 19.1 Å². The fraction of sp³-hybridized carbons (Fsp3) is 0.333. The topological polar surface area (TPSA) is 88.6 Å². The minimum Gasteiger partial charge on any atom is -0.406 e. The first-order chi connectivity index (χ1) is 15.5. The van der Waals surface area contributed by atoms with Crippen molar-refractivity contribution in [3.05, 3.63) is 58.9 Å². The largest absolute Gasteiger partial charge is 0.573 e. The van der Waals surface area contributed by atoms with Gasteiger partial charge in [0.15, 0.2) is 0 Å². The van der Waals surface area contributed by atoms with Gasteiger partial charge in [-0.3, -0.25) is 4.79 Å². The minimum atomic E-state index is -4.86. The molecule has 176 valence electrons. The van der Waals surface area contributed by atoms with E-state index < -0.39 is 22.1 Å². The van der Waals surface area contributed by atoms with Gasteiger partial charge in [-0.05, 0) is 61.2 Å². The van der Waals surface area contributed by atoms with Gasteiger partial charge in [0.25, 0.3) is 5.91 Å². The molecular formula is C21H19ClF3N3O4S. The molecule has 0 saturated heterocycles. The summed E-state index contributed by atoms with van der Waals surface area (Å²) in [5.41, 5.74) is 1.43. The SMILES string of the molecule is O=C(NC1CC1)c1nc(C2=CCN(S(=O)(=O)c3ccc(OC(F)(F)F)cc3)CC2)ccc1Cl. The van der Waals surface area contributed by atoms with Crippen molar-refractivity contribution in [1.29, 1.82) is 0 Å². The molecule has 0 radical (unpaired) electrons. The number of carbonyl (C=O) groups is 1. The normalized spacial score (nSPS) is 17.4. The smallest absolute Gasteiger partial charge is 0.406 e. The van der Waals surface area contributed by atoms with Crippen LogP contribution in [0.1, 0.15) is 35.4 Å². The maximum Gasteiger partial charge on any atom is 0.573 e. The third-order valence-corrected chi connectivity index (χ3v) is 7.35. The molecular weight excluding hydrogens is 483 g/mol. The van der Waals surface area contributed by atoms with Crippen molar-refractivity contribution in [2.75, 3.05) is 13.1 Å². The first-order valence-corrected chi connectivity index (χ1v) is 11.9. The Hall–Kier alpha value is -2.63. The number of halogens is 4. The Morgan fingerprint density at radius 3 is 2.42 bits per heavy atom. The first-order valence-electron chi connectivity index (χ1n) is 10.1. The zero-order valence-corrected chi connectivity index (χ0v) is 18.7. The zero-order valence-electron chi connectivity index (χ0n) is 17.1. The van der Waals surface area contributed by atoms with Crippen molar-refractivity contribution in [2.45, 2.75) is 36.6 Å². The van der Waals surface area contributed by atoms with Crippen molar-refractivity contribution in [1.82, 2.24) is 14.6 Å². The maximum absolute atomic E-state index is 12.9. The zero-order chi connectivity index (χ0) is 23.8. The van der Waals surface area contributed by atoms with E-state index in [1.54, 1.807) is 18.2 Å². The Kier molecular flexibility index (Phi) is 6.39. The van der Waals surface area contributed by atoms with Gasteiger partial charge in [0.2, 0.25) is 10.0 Å². The van der Waals surface area contributed by atoms with Crippen LogP contribution in [0.5, 0.6) is 5.75 Å². The second-order valence-corrected chi connectivity index (χ2v) is 9.98. The number of aromatic nitrogens is 1. The number of rotatable bonds is 6. The Balaban J connectivity index is 1.47. The van der Waals surface area contributed by atoms with Gasteiger partial charge in [-0.2, -0.15) is 4.31 Å². The number of hydrogen-bond donors (Lipinski definition) is 1. The Morgan fingerprint density at radius 1 is 1.15 bits per heavy atom. The van der Waals surface area contributed by atoms with Crippen molar-refractivity contribution in [3.8, 4) is 5.75 Å². The monoisotopic (exact) mass is 501 g/mol. The highest BCUT2D eigenvalue weighted by atomic mass is 35.5. The third kappa shape index (κ3) is 5.66. The van der Waals surface area contributed by atoms with Gasteiger partial charge >= 0.3 is 6.36 Å². The summed E-state index contributed by atoms with van der Waals surface area (Å²) < 4.78 is 67.6. The van der Waals surface area contributed by atoms with E-state index in [9.17, 15) is 26.4 Å². The van der Waals surface area contributed by atoms with Crippen LogP contribution in [0.3, 0.4) is 0 Å². The lowest BCUT2D eigenvalue weighted by Crippen LogP contribution is -2.34. The fourth-order valence-electron chi connectivity index (χ4n) is 3.33. The van der Waals surface area contributed by atoms with Gasteiger partial charge in [-0.25, -0.2) is 13.4 Å². The van der Waals surface area contributed by atoms with E-state index in [0.29, 0.717) is 12.1 Å². The van der Waals surface area contributed by atoms with E-state index in [0.717, 1.165) is 42.7 Å². The molecule has 0 atom stereocenters. The molecule has 33 heavy (non-hydrogen) atoms. The predicted molar refractivity (Wildman–Crippen MR) is 114 cm³/mol. The third-order valence-electron chi connectivity index (χ3n) is 5.17. The molecule has 0 bridgehead atoms. The number of ether oxygens (including phenoxy) is 1. The highest BCUT2D eigenvalue weighted by Crippen LogP contribution is 2.29. The van der Waals surface area contributed by atoms with Gasteiger partial charge in [-0.15, -0.1) is 13.2 Å². The summed E-state index contributed by atoms with van der Waals surface area (Å²) in [4.78, 5) is 16.6. The molecule has 1 amide bonds. The van der Waals surface area contributed by atoms with Gasteiger partial charge in [0.05, 0.1) is 15.6 Å². The van der Waals surface area contributed by atoms with Crippen molar-refractivity contribution in [3.63, 3.8) is 0 Å². The quantitative estimate of drug-likeness (QED) is 0.646. The number of benzene rings is 1. The van der Waals surface area contributed by atoms with Gasteiger partial charge in [-0.1, -0.05) is 17.7 Å².